The Hall–Kier alpha value is -3.08. The first-order valence-corrected chi connectivity index (χ1v) is 9.37. The van der Waals surface area contributed by atoms with Gasteiger partial charge in [0.05, 0.1) is 6.04 Å². The van der Waals surface area contributed by atoms with Gasteiger partial charge in [-0.25, -0.2) is 0 Å². The van der Waals surface area contributed by atoms with E-state index in [4.69, 9.17) is 11.1 Å². The summed E-state index contributed by atoms with van der Waals surface area (Å²) in [5.74, 6) is 0.146. The highest BCUT2D eigenvalue weighted by atomic mass is 16.1. The Bertz CT molecular complexity index is 901. The summed E-state index contributed by atoms with van der Waals surface area (Å²) < 4.78 is 0. The molecule has 1 fully saturated rings. The van der Waals surface area contributed by atoms with Crippen molar-refractivity contribution in [2.75, 3.05) is 11.4 Å². The summed E-state index contributed by atoms with van der Waals surface area (Å²) >= 11 is 0. The second-order valence-electron chi connectivity index (χ2n) is 7.18. The molecule has 4 N–H and O–H groups in total. The van der Waals surface area contributed by atoms with Gasteiger partial charge in [-0.1, -0.05) is 30.3 Å². The summed E-state index contributed by atoms with van der Waals surface area (Å²) in [4.78, 5) is 13.8. The van der Waals surface area contributed by atoms with Gasteiger partial charge in [-0.05, 0) is 47.2 Å². The molecule has 2 aliphatic rings. The summed E-state index contributed by atoms with van der Waals surface area (Å²) in [6.07, 6.45) is 5.29. The van der Waals surface area contributed by atoms with Crippen molar-refractivity contribution in [2.24, 2.45) is 5.73 Å². The second kappa shape index (κ2) is 7.27. The minimum atomic E-state index is 0.146. The van der Waals surface area contributed by atoms with E-state index in [0.29, 0.717) is 6.42 Å². The number of benzene rings is 2. The molecule has 0 spiro atoms. The van der Waals surface area contributed by atoms with Crippen molar-refractivity contribution in [2.45, 2.75) is 31.8 Å². The fourth-order valence-electron chi connectivity index (χ4n) is 3.98. The number of amides is 1. The first-order valence-electron chi connectivity index (χ1n) is 9.37. The lowest BCUT2D eigenvalue weighted by Gasteiger charge is -2.20. The molecule has 27 heavy (non-hydrogen) atoms. The molecule has 2 aromatic carbocycles. The van der Waals surface area contributed by atoms with Crippen molar-refractivity contribution in [3.8, 4) is 0 Å². The highest BCUT2D eigenvalue weighted by Gasteiger charge is 2.23. The Balaban J connectivity index is 1.47. The van der Waals surface area contributed by atoms with Crippen LogP contribution in [0.25, 0.3) is 5.57 Å². The van der Waals surface area contributed by atoms with Crippen LogP contribution in [0.1, 0.15) is 41.1 Å². The predicted octanol–water partition coefficient (Wildman–Crippen LogP) is 3.15. The van der Waals surface area contributed by atoms with E-state index in [0.717, 1.165) is 37.1 Å². The van der Waals surface area contributed by atoms with Crippen LogP contribution in [0.5, 0.6) is 0 Å². The number of allylic oxidation sites excluding steroid dienone is 1. The summed E-state index contributed by atoms with van der Waals surface area (Å²) in [6.45, 7) is 1.86. The quantitative estimate of drug-likeness (QED) is 0.717. The topological polar surface area (TPSA) is 82.2 Å². The Morgan fingerprint density at radius 3 is 2.70 bits per heavy atom. The zero-order valence-corrected chi connectivity index (χ0v) is 15.2. The van der Waals surface area contributed by atoms with Crippen LogP contribution < -0.4 is 16.0 Å². The Morgan fingerprint density at radius 1 is 1.22 bits per heavy atom. The van der Waals surface area contributed by atoms with Gasteiger partial charge in [-0.15, -0.1) is 0 Å². The third kappa shape index (κ3) is 3.45. The normalized spacial score (nSPS) is 19.1. The molecule has 138 valence electrons. The molecule has 2 aliphatic heterocycles. The second-order valence-corrected chi connectivity index (χ2v) is 7.18. The minimum absolute atomic E-state index is 0.146. The number of carbonyl (C=O) groups is 1. The molecule has 5 nitrogen and oxygen atoms in total. The fraction of sp³-hybridized carbons (Fsp3) is 0.273. The summed E-state index contributed by atoms with van der Waals surface area (Å²) in [5, 5.41) is 10.5. The molecule has 0 radical (unpaired) electrons. The smallest absolute Gasteiger partial charge is 0.220 e. The van der Waals surface area contributed by atoms with Crippen LogP contribution in [-0.4, -0.2) is 18.7 Å². The van der Waals surface area contributed by atoms with E-state index in [1.807, 2.05) is 6.07 Å². The van der Waals surface area contributed by atoms with Crippen molar-refractivity contribution >= 4 is 23.4 Å². The molecule has 5 heteroatoms. The number of fused-ring (bicyclic) bond motifs is 1. The molecular weight excluding hydrogens is 336 g/mol. The average molecular weight is 360 g/mol. The Kier molecular flexibility index (Phi) is 4.67. The molecule has 1 amide bonds. The maximum absolute atomic E-state index is 11.4. The van der Waals surface area contributed by atoms with Crippen LogP contribution in [0.4, 0.5) is 5.69 Å². The van der Waals surface area contributed by atoms with Crippen molar-refractivity contribution < 1.29 is 4.79 Å². The minimum Gasteiger partial charge on any atom is -0.404 e. The van der Waals surface area contributed by atoms with Crippen molar-refractivity contribution in [1.82, 2.24) is 5.32 Å². The first kappa shape index (κ1) is 17.3. The average Bonchev–Trinajstić information content (AvgIpc) is 3.30. The van der Waals surface area contributed by atoms with Gasteiger partial charge in [0.1, 0.15) is 0 Å². The first-order chi connectivity index (χ1) is 13.2. The maximum Gasteiger partial charge on any atom is 0.220 e. The maximum atomic E-state index is 11.4. The molecule has 0 aromatic heterocycles. The SMILES string of the molecule is N=C/C(=C\N)c1ccc2c(c1)CCN2Cc1ccc(C2CCC(=O)N2)cc1. The third-order valence-electron chi connectivity index (χ3n) is 5.49. The monoisotopic (exact) mass is 360 g/mol. The number of carbonyl (C=O) groups excluding carboxylic acids is 1. The highest BCUT2D eigenvalue weighted by molar-refractivity contribution is 6.08. The van der Waals surface area contributed by atoms with E-state index >= 15 is 0 Å². The van der Waals surface area contributed by atoms with Gasteiger partial charge in [0, 0.05) is 43.2 Å². The lowest BCUT2D eigenvalue weighted by Crippen LogP contribution is -2.20. The van der Waals surface area contributed by atoms with Gasteiger partial charge in [0.25, 0.3) is 0 Å². The van der Waals surface area contributed by atoms with Gasteiger partial charge in [0.15, 0.2) is 0 Å². The van der Waals surface area contributed by atoms with E-state index in [1.165, 1.54) is 34.8 Å². The van der Waals surface area contributed by atoms with Crippen molar-refractivity contribution in [3.63, 3.8) is 0 Å². The zero-order valence-electron chi connectivity index (χ0n) is 15.2. The number of nitrogens with two attached hydrogens (primary N) is 1. The zero-order chi connectivity index (χ0) is 18.8. The number of rotatable bonds is 5. The standard InChI is InChI=1S/C22H24N4O/c23-12-19(13-24)17-5-7-21-18(11-17)9-10-26(21)14-15-1-3-16(4-2-15)20-6-8-22(27)25-20/h1-5,7,11-13,20,23H,6,8-10,14,24H2,(H,25,27)/b19-13+,23-12?. The van der Waals surface area contributed by atoms with Gasteiger partial charge >= 0.3 is 0 Å². The van der Waals surface area contributed by atoms with Gasteiger partial charge in [-0.2, -0.15) is 0 Å². The van der Waals surface area contributed by atoms with Crippen LogP contribution in [0.15, 0.2) is 48.7 Å². The number of nitrogens with one attached hydrogen (secondary N) is 2. The number of anilines is 1. The van der Waals surface area contributed by atoms with Crippen LogP contribution in [0, 0.1) is 5.41 Å². The summed E-state index contributed by atoms with van der Waals surface area (Å²) in [7, 11) is 0. The van der Waals surface area contributed by atoms with Gasteiger partial charge in [0.2, 0.25) is 5.91 Å². The lowest BCUT2D eigenvalue weighted by molar-refractivity contribution is -0.119. The predicted molar refractivity (Wildman–Crippen MR) is 109 cm³/mol. The molecule has 1 saturated heterocycles. The van der Waals surface area contributed by atoms with Crippen molar-refractivity contribution in [3.05, 3.63) is 70.9 Å². The molecule has 1 atom stereocenters. The van der Waals surface area contributed by atoms with Crippen LogP contribution in [0.2, 0.25) is 0 Å². The van der Waals surface area contributed by atoms with E-state index in [9.17, 15) is 4.79 Å². The third-order valence-corrected chi connectivity index (χ3v) is 5.49. The molecular formula is C22H24N4O. The summed E-state index contributed by atoms with van der Waals surface area (Å²) in [5.41, 5.74) is 12.4. The van der Waals surface area contributed by atoms with Gasteiger partial charge in [-0.3, -0.25) is 4.79 Å². The number of nitrogens with zero attached hydrogens (tertiary/aromatic N) is 1. The summed E-state index contributed by atoms with van der Waals surface area (Å²) in [6, 6.07) is 15.1. The van der Waals surface area contributed by atoms with E-state index < -0.39 is 0 Å². The molecule has 1 unspecified atom stereocenters. The van der Waals surface area contributed by atoms with Crippen molar-refractivity contribution in [1.29, 1.82) is 5.41 Å². The molecule has 0 saturated carbocycles. The lowest BCUT2D eigenvalue weighted by atomic mass is 10.0. The van der Waals surface area contributed by atoms with E-state index in [-0.39, 0.29) is 11.9 Å². The van der Waals surface area contributed by atoms with Crippen LogP contribution >= 0.6 is 0 Å². The van der Waals surface area contributed by atoms with Crippen LogP contribution in [0.3, 0.4) is 0 Å². The van der Waals surface area contributed by atoms with Gasteiger partial charge < -0.3 is 21.4 Å². The number of hydrogen-bond acceptors (Lipinski definition) is 4. The highest BCUT2D eigenvalue weighted by Crippen LogP contribution is 2.32. The Morgan fingerprint density at radius 2 is 2.04 bits per heavy atom. The molecule has 2 heterocycles. The van der Waals surface area contributed by atoms with Crippen LogP contribution in [-0.2, 0) is 17.8 Å². The largest absolute Gasteiger partial charge is 0.404 e. The molecule has 4 rings (SSSR count). The Labute approximate surface area is 159 Å². The van der Waals surface area contributed by atoms with E-state index in [2.05, 4.69) is 46.6 Å². The molecule has 0 bridgehead atoms. The fourth-order valence-corrected chi connectivity index (χ4v) is 3.98. The molecule has 0 aliphatic carbocycles. The molecule has 2 aromatic rings. The number of hydrogen-bond donors (Lipinski definition) is 3. The van der Waals surface area contributed by atoms with E-state index in [1.54, 1.807) is 0 Å².